The largest absolute Gasteiger partial charge is 0.352 e. The van der Waals surface area contributed by atoms with Crippen molar-refractivity contribution in [3.05, 3.63) is 28.8 Å². The van der Waals surface area contributed by atoms with E-state index < -0.39 is 0 Å². The van der Waals surface area contributed by atoms with Crippen LogP contribution >= 0.6 is 11.6 Å². The highest BCUT2D eigenvalue weighted by Crippen LogP contribution is 2.32. The fourth-order valence-corrected chi connectivity index (χ4v) is 3.33. The number of carbonyl (C=O) groups excluding carboxylic acids is 3. The van der Waals surface area contributed by atoms with E-state index in [-0.39, 0.29) is 23.8 Å². The topological polar surface area (TPSA) is 90.5 Å². The fraction of sp³-hybridized carbons (Fsp3) is 0.500. The molecule has 26 heavy (non-hydrogen) atoms. The van der Waals surface area contributed by atoms with Gasteiger partial charge in [-0.2, -0.15) is 0 Å². The number of nitrogens with zero attached hydrogens (tertiary/aromatic N) is 1. The first-order chi connectivity index (χ1) is 12.5. The monoisotopic (exact) mass is 378 g/mol. The molecule has 0 spiro atoms. The number of likely N-dealkylation sites (tertiary alicyclic amines) is 1. The molecule has 2 fully saturated rings. The smallest absolute Gasteiger partial charge is 0.319 e. The molecule has 0 unspecified atom stereocenters. The van der Waals surface area contributed by atoms with Crippen molar-refractivity contribution < 1.29 is 14.4 Å². The Labute approximate surface area is 157 Å². The number of hydrogen-bond acceptors (Lipinski definition) is 3. The van der Waals surface area contributed by atoms with E-state index in [9.17, 15) is 14.4 Å². The summed E-state index contributed by atoms with van der Waals surface area (Å²) in [7, 11) is 0. The summed E-state index contributed by atoms with van der Waals surface area (Å²) in [4.78, 5) is 37.9. The minimum absolute atomic E-state index is 0.143. The second-order valence-electron chi connectivity index (χ2n) is 6.74. The second-order valence-corrected chi connectivity index (χ2v) is 7.14. The molecule has 3 rings (SSSR count). The number of carbonyl (C=O) groups is 3. The number of halogens is 1. The van der Waals surface area contributed by atoms with Gasteiger partial charge < -0.3 is 20.9 Å². The van der Waals surface area contributed by atoms with Gasteiger partial charge in [0.1, 0.15) is 0 Å². The van der Waals surface area contributed by atoms with Crippen molar-refractivity contribution in [1.29, 1.82) is 0 Å². The Morgan fingerprint density at radius 3 is 2.73 bits per heavy atom. The lowest BCUT2D eigenvalue weighted by Gasteiger charge is -2.16. The van der Waals surface area contributed by atoms with Crippen LogP contribution in [0.2, 0.25) is 5.02 Å². The number of amides is 4. The van der Waals surface area contributed by atoms with Crippen molar-refractivity contribution in [2.45, 2.75) is 32.2 Å². The van der Waals surface area contributed by atoms with Crippen LogP contribution in [0.5, 0.6) is 0 Å². The number of rotatable bonds is 6. The van der Waals surface area contributed by atoms with Crippen LogP contribution in [-0.4, -0.2) is 48.4 Å². The standard InChI is InChI=1S/C18H23ClN4O3/c1-2-20-17(25)14-8-12(3-6-15(14)19)22-18(26)21-9-11-7-16(24)23(10-11)13-4-5-13/h3,6,8,11,13H,2,4-5,7,9-10H2,1H3,(H,20,25)(H2,21,22,26)/t11-/m1/s1. The van der Waals surface area contributed by atoms with Gasteiger partial charge >= 0.3 is 6.03 Å². The fourth-order valence-electron chi connectivity index (χ4n) is 3.13. The molecule has 3 N–H and O–H groups in total. The number of benzene rings is 1. The van der Waals surface area contributed by atoms with E-state index in [0.29, 0.717) is 48.4 Å². The average Bonchev–Trinajstić information content (AvgIpc) is 3.38. The van der Waals surface area contributed by atoms with E-state index in [1.165, 1.54) is 0 Å². The van der Waals surface area contributed by atoms with E-state index in [4.69, 9.17) is 11.6 Å². The van der Waals surface area contributed by atoms with Crippen molar-refractivity contribution in [3.63, 3.8) is 0 Å². The summed E-state index contributed by atoms with van der Waals surface area (Å²) in [6.07, 6.45) is 2.67. The van der Waals surface area contributed by atoms with Crippen LogP contribution in [0.15, 0.2) is 18.2 Å². The van der Waals surface area contributed by atoms with Gasteiger partial charge in [-0.1, -0.05) is 11.6 Å². The minimum Gasteiger partial charge on any atom is -0.352 e. The van der Waals surface area contributed by atoms with Crippen molar-refractivity contribution in [1.82, 2.24) is 15.5 Å². The normalized spacial score (nSPS) is 19.4. The molecular formula is C18H23ClN4O3. The molecule has 1 aliphatic carbocycles. The minimum atomic E-state index is -0.369. The zero-order valence-electron chi connectivity index (χ0n) is 14.7. The number of hydrogen-bond donors (Lipinski definition) is 3. The summed E-state index contributed by atoms with van der Waals surface area (Å²) in [5.41, 5.74) is 0.794. The molecule has 0 radical (unpaired) electrons. The zero-order chi connectivity index (χ0) is 18.7. The van der Waals surface area contributed by atoms with Crippen LogP contribution in [0.4, 0.5) is 10.5 Å². The lowest BCUT2D eigenvalue weighted by molar-refractivity contribution is -0.128. The summed E-state index contributed by atoms with van der Waals surface area (Å²) < 4.78 is 0. The van der Waals surface area contributed by atoms with Crippen LogP contribution in [-0.2, 0) is 4.79 Å². The van der Waals surface area contributed by atoms with Gasteiger partial charge in [0.2, 0.25) is 5.91 Å². The van der Waals surface area contributed by atoms with Crippen molar-refractivity contribution in [3.8, 4) is 0 Å². The zero-order valence-corrected chi connectivity index (χ0v) is 15.4. The summed E-state index contributed by atoms with van der Waals surface area (Å²) in [6, 6.07) is 4.80. The van der Waals surface area contributed by atoms with E-state index in [1.807, 2.05) is 11.8 Å². The van der Waals surface area contributed by atoms with E-state index >= 15 is 0 Å². The first-order valence-corrected chi connectivity index (χ1v) is 9.27. The van der Waals surface area contributed by atoms with Crippen LogP contribution in [0.25, 0.3) is 0 Å². The molecule has 1 saturated heterocycles. The molecule has 1 aromatic rings. The summed E-state index contributed by atoms with van der Waals surface area (Å²) in [6.45, 7) is 3.47. The lowest BCUT2D eigenvalue weighted by Crippen LogP contribution is -2.34. The van der Waals surface area contributed by atoms with E-state index in [2.05, 4.69) is 16.0 Å². The van der Waals surface area contributed by atoms with Gasteiger partial charge in [-0.05, 0) is 38.0 Å². The molecule has 2 aliphatic rings. The number of urea groups is 1. The maximum atomic E-state index is 12.1. The van der Waals surface area contributed by atoms with E-state index in [0.717, 1.165) is 12.8 Å². The Bertz CT molecular complexity index is 720. The molecule has 0 aromatic heterocycles. The van der Waals surface area contributed by atoms with Crippen LogP contribution in [0, 0.1) is 5.92 Å². The molecule has 8 heteroatoms. The van der Waals surface area contributed by atoms with E-state index in [1.54, 1.807) is 18.2 Å². The number of nitrogens with one attached hydrogen (secondary N) is 3. The van der Waals surface area contributed by atoms with Gasteiger partial charge in [0.05, 0.1) is 10.6 Å². The maximum absolute atomic E-state index is 12.1. The molecule has 4 amide bonds. The molecular weight excluding hydrogens is 356 g/mol. The van der Waals surface area contributed by atoms with Gasteiger partial charge in [-0.3, -0.25) is 9.59 Å². The predicted octanol–water partition coefficient (Wildman–Crippen LogP) is 2.22. The molecule has 1 aliphatic heterocycles. The average molecular weight is 379 g/mol. The molecule has 1 saturated carbocycles. The Morgan fingerprint density at radius 1 is 1.27 bits per heavy atom. The summed E-state index contributed by atoms with van der Waals surface area (Å²) >= 11 is 6.04. The highest BCUT2D eigenvalue weighted by molar-refractivity contribution is 6.34. The third-order valence-electron chi connectivity index (χ3n) is 4.58. The molecule has 1 aromatic carbocycles. The van der Waals surface area contributed by atoms with Crippen molar-refractivity contribution in [2.24, 2.45) is 5.92 Å². The molecule has 1 heterocycles. The molecule has 0 bridgehead atoms. The van der Waals surface area contributed by atoms with Gasteiger partial charge in [0.25, 0.3) is 5.91 Å². The van der Waals surface area contributed by atoms with Gasteiger partial charge in [-0.15, -0.1) is 0 Å². The Kier molecular flexibility index (Phi) is 5.66. The first-order valence-electron chi connectivity index (χ1n) is 8.90. The Hall–Kier alpha value is -2.28. The van der Waals surface area contributed by atoms with Crippen LogP contribution < -0.4 is 16.0 Å². The summed E-state index contributed by atoms with van der Waals surface area (Å²) in [5, 5.41) is 8.51. The SMILES string of the molecule is CCNC(=O)c1cc(NC(=O)NC[C@H]2CC(=O)N(C3CC3)C2)ccc1Cl. The highest BCUT2D eigenvalue weighted by atomic mass is 35.5. The number of anilines is 1. The van der Waals surface area contributed by atoms with Gasteiger partial charge in [-0.25, -0.2) is 4.79 Å². The third-order valence-corrected chi connectivity index (χ3v) is 4.91. The quantitative estimate of drug-likeness (QED) is 0.708. The van der Waals surface area contributed by atoms with Crippen molar-refractivity contribution >= 4 is 35.1 Å². The van der Waals surface area contributed by atoms with Crippen molar-refractivity contribution in [2.75, 3.05) is 25.0 Å². The van der Waals surface area contributed by atoms with Gasteiger partial charge in [0.15, 0.2) is 0 Å². The second kappa shape index (κ2) is 7.95. The Balaban J connectivity index is 1.51. The first kappa shape index (κ1) is 18.5. The molecule has 140 valence electrons. The van der Waals surface area contributed by atoms with Crippen LogP contribution in [0.1, 0.15) is 36.5 Å². The Morgan fingerprint density at radius 2 is 2.04 bits per heavy atom. The van der Waals surface area contributed by atoms with Crippen LogP contribution in [0.3, 0.4) is 0 Å². The molecule has 1 atom stereocenters. The predicted molar refractivity (Wildman–Crippen MR) is 99.3 cm³/mol. The third kappa shape index (κ3) is 4.46. The molecule has 7 nitrogen and oxygen atoms in total. The summed E-state index contributed by atoms with van der Waals surface area (Å²) in [5.74, 6) is 0.0418. The lowest BCUT2D eigenvalue weighted by atomic mass is 10.1. The van der Waals surface area contributed by atoms with Gasteiger partial charge in [0, 0.05) is 43.7 Å². The highest BCUT2D eigenvalue weighted by Gasteiger charge is 2.39. The maximum Gasteiger partial charge on any atom is 0.319 e.